The fourth-order valence-electron chi connectivity index (χ4n) is 3.41. The van der Waals surface area contributed by atoms with Crippen molar-refractivity contribution < 1.29 is 22.6 Å². The van der Waals surface area contributed by atoms with E-state index in [2.05, 4.69) is 39.4 Å². The Morgan fingerprint density at radius 3 is 2.42 bits per heavy atom. The summed E-state index contributed by atoms with van der Waals surface area (Å²) in [6.07, 6.45) is 0.898. The van der Waals surface area contributed by atoms with Crippen molar-refractivity contribution in [2.75, 3.05) is 32.0 Å². The number of hydrogen-bond donors (Lipinski definition) is 1. The maximum atomic E-state index is 13.0. The van der Waals surface area contributed by atoms with Crippen LogP contribution in [0.25, 0.3) is 0 Å². The molecule has 0 radical (unpaired) electrons. The summed E-state index contributed by atoms with van der Waals surface area (Å²) in [4.78, 5) is 2.35. The zero-order valence-electron chi connectivity index (χ0n) is 17.8. The summed E-state index contributed by atoms with van der Waals surface area (Å²) >= 11 is 9.60. The summed E-state index contributed by atoms with van der Waals surface area (Å²) in [7, 11) is -0.989. The van der Waals surface area contributed by atoms with Gasteiger partial charge in [-0.1, -0.05) is 11.6 Å². The Kier molecular flexibility index (Phi) is 7.62. The summed E-state index contributed by atoms with van der Waals surface area (Å²) in [6.45, 7) is 6.07. The lowest BCUT2D eigenvalue weighted by atomic mass is 10.3. The summed E-state index contributed by atoms with van der Waals surface area (Å²) in [5.41, 5.74) is 0.347. The standard InChI is InChI=1S/C21H26BrClN2O5S/c1-13(2)25-8-7-15(12-25)30-18-9-14(5-6-17(18)23)24-31(26,27)21-11-20(29-4)19(28-3)10-16(21)22/h5-6,9-11,13,15,24H,7-8,12H2,1-4H3. The molecule has 7 nitrogen and oxygen atoms in total. The second kappa shape index (κ2) is 9.85. The number of ether oxygens (including phenoxy) is 3. The number of halogens is 2. The van der Waals surface area contributed by atoms with Crippen LogP contribution in [-0.2, 0) is 10.0 Å². The van der Waals surface area contributed by atoms with Gasteiger partial charge < -0.3 is 14.2 Å². The normalized spacial score (nSPS) is 17.1. The first kappa shape index (κ1) is 24.0. The molecule has 1 N–H and O–H groups in total. The Labute approximate surface area is 196 Å². The monoisotopic (exact) mass is 532 g/mol. The van der Waals surface area contributed by atoms with Gasteiger partial charge in [0.05, 0.1) is 24.9 Å². The van der Waals surface area contributed by atoms with E-state index < -0.39 is 10.0 Å². The topological polar surface area (TPSA) is 77.1 Å². The highest BCUT2D eigenvalue weighted by Gasteiger charge is 2.27. The highest BCUT2D eigenvalue weighted by Crippen LogP contribution is 2.37. The van der Waals surface area contributed by atoms with Crippen LogP contribution >= 0.6 is 27.5 Å². The number of anilines is 1. The predicted octanol–water partition coefficient (Wildman–Crippen LogP) is 4.78. The molecule has 1 fully saturated rings. The summed E-state index contributed by atoms with van der Waals surface area (Å²) in [5, 5.41) is 0.429. The van der Waals surface area contributed by atoms with Gasteiger partial charge in [0.15, 0.2) is 11.5 Å². The van der Waals surface area contributed by atoms with E-state index in [1.165, 1.54) is 20.3 Å². The average molecular weight is 534 g/mol. The second-order valence-electron chi connectivity index (χ2n) is 7.51. The first-order valence-corrected chi connectivity index (χ1v) is 12.4. The van der Waals surface area contributed by atoms with Crippen LogP contribution in [0.1, 0.15) is 20.3 Å². The quantitative estimate of drug-likeness (QED) is 0.526. The predicted molar refractivity (Wildman–Crippen MR) is 125 cm³/mol. The van der Waals surface area contributed by atoms with E-state index in [0.717, 1.165) is 19.5 Å². The van der Waals surface area contributed by atoms with E-state index in [9.17, 15) is 8.42 Å². The molecule has 1 aliphatic heterocycles. The third-order valence-electron chi connectivity index (χ3n) is 5.11. The number of methoxy groups -OCH3 is 2. The van der Waals surface area contributed by atoms with Gasteiger partial charge in [-0.15, -0.1) is 0 Å². The molecule has 0 saturated carbocycles. The van der Waals surface area contributed by atoms with Crippen LogP contribution in [0, 0.1) is 0 Å². The number of benzene rings is 2. The van der Waals surface area contributed by atoms with Crippen molar-refractivity contribution in [3.63, 3.8) is 0 Å². The van der Waals surface area contributed by atoms with Crippen molar-refractivity contribution in [3.05, 3.63) is 39.8 Å². The van der Waals surface area contributed by atoms with E-state index >= 15 is 0 Å². The fourth-order valence-corrected chi connectivity index (χ4v) is 5.66. The van der Waals surface area contributed by atoms with Crippen LogP contribution in [0.4, 0.5) is 5.69 Å². The van der Waals surface area contributed by atoms with Gasteiger partial charge in [-0.05, 0) is 54.4 Å². The zero-order valence-corrected chi connectivity index (χ0v) is 21.0. The third-order valence-corrected chi connectivity index (χ3v) is 7.76. The van der Waals surface area contributed by atoms with E-state index in [1.54, 1.807) is 24.3 Å². The van der Waals surface area contributed by atoms with Crippen molar-refractivity contribution in [2.45, 2.75) is 37.3 Å². The van der Waals surface area contributed by atoms with Crippen molar-refractivity contribution in [1.82, 2.24) is 4.90 Å². The van der Waals surface area contributed by atoms with E-state index in [4.69, 9.17) is 25.8 Å². The van der Waals surface area contributed by atoms with Crippen LogP contribution in [0.5, 0.6) is 17.2 Å². The summed E-state index contributed by atoms with van der Waals surface area (Å²) in [5.74, 6) is 1.17. The van der Waals surface area contributed by atoms with Gasteiger partial charge in [-0.25, -0.2) is 8.42 Å². The van der Waals surface area contributed by atoms with Gasteiger partial charge >= 0.3 is 0 Å². The van der Waals surface area contributed by atoms with Crippen molar-refractivity contribution in [1.29, 1.82) is 0 Å². The van der Waals surface area contributed by atoms with Gasteiger partial charge in [-0.3, -0.25) is 9.62 Å². The van der Waals surface area contributed by atoms with Crippen LogP contribution < -0.4 is 18.9 Å². The van der Waals surface area contributed by atoms with Crippen molar-refractivity contribution in [2.24, 2.45) is 0 Å². The Hall–Kier alpha value is -1.68. The molecule has 0 amide bonds. The van der Waals surface area contributed by atoms with E-state index in [1.807, 2.05) is 0 Å². The van der Waals surface area contributed by atoms with Gasteiger partial charge in [-0.2, -0.15) is 0 Å². The molecule has 1 aliphatic rings. The molecule has 0 aromatic heterocycles. The fraction of sp³-hybridized carbons (Fsp3) is 0.429. The second-order valence-corrected chi connectivity index (χ2v) is 10.4. The maximum absolute atomic E-state index is 13.0. The first-order valence-electron chi connectivity index (χ1n) is 9.79. The summed E-state index contributed by atoms with van der Waals surface area (Å²) in [6, 6.07) is 8.21. The SMILES string of the molecule is COc1cc(Br)c(S(=O)(=O)Nc2ccc(Cl)c(OC3CCN(C(C)C)C3)c2)cc1OC. The van der Waals surface area contributed by atoms with Gasteiger partial charge in [0.2, 0.25) is 0 Å². The first-order chi connectivity index (χ1) is 14.6. The van der Waals surface area contributed by atoms with Gasteiger partial charge in [0, 0.05) is 35.7 Å². The molecule has 31 heavy (non-hydrogen) atoms. The molecular weight excluding hydrogens is 508 g/mol. The molecule has 0 aliphatic carbocycles. The van der Waals surface area contributed by atoms with Crippen molar-refractivity contribution >= 4 is 43.2 Å². The number of likely N-dealkylation sites (tertiary alicyclic amines) is 1. The molecule has 1 unspecified atom stereocenters. The molecule has 0 spiro atoms. The Morgan fingerprint density at radius 1 is 1.13 bits per heavy atom. The van der Waals surface area contributed by atoms with Gasteiger partial charge in [0.1, 0.15) is 16.7 Å². The number of sulfonamides is 1. The third kappa shape index (κ3) is 5.58. The number of nitrogens with zero attached hydrogens (tertiary/aromatic N) is 1. The van der Waals surface area contributed by atoms with Crippen molar-refractivity contribution in [3.8, 4) is 17.2 Å². The molecule has 1 saturated heterocycles. The van der Waals surface area contributed by atoms with E-state index in [-0.39, 0.29) is 11.0 Å². The lowest BCUT2D eigenvalue weighted by molar-refractivity contribution is 0.187. The minimum Gasteiger partial charge on any atom is -0.493 e. The number of rotatable bonds is 8. The average Bonchev–Trinajstić information content (AvgIpc) is 3.18. The minimum absolute atomic E-state index is 0.00625. The van der Waals surface area contributed by atoms with Crippen LogP contribution in [-0.4, -0.2) is 52.8 Å². The molecule has 3 rings (SSSR count). The number of hydrogen-bond acceptors (Lipinski definition) is 6. The van der Waals surface area contributed by atoms with Crippen LogP contribution in [0.3, 0.4) is 0 Å². The lowest BCUT2D eigenvalue weighted by Crippen LogP contribution is -2.30. The lowest BCUT2D eigenvalue weighted by Gasteiger charge is -2.21. The highest BCUT2D eigenvalue weighted by molar-refractivity contribution is 9.10. The molecule has 0 bridgehead atoms. The van der Waals surface area contributed by atoms with Crippen LogP contribution in [0.15, 0.2) is 39.7 Å². The molecule has 2 aromatic rings. The van der Waals surface area contributed by atoms with Gasteiger partial charge in [0.25, 0.3) is 10.0 Å². The zero-order chi connectivity index (χ0) is 22.8. The largest absolute Gasteiger partial charge is 0.493 e. The minimum atomic E-state index is -3.92. The smallest absolute Gasteiger partial charge is 0.263 e. The highest BCUT2D eigenvalue weighted by atomic mass is 79.9. The molecule has 1 atom stereocenters. The molecular formula is C21H26BrClN2O5S. The maximum Gasteiger partial charge on any atom is 0.263 e. The molecule has 10 heteroatoms. The molecule has 1 heterocycles. The number of nitrogens with one attached hydrogen (secondary N) is 1. The van der Waals surface area contributed by atoms with E-state index in [0.29, 0.717) is 38.5 Å². The molecule has 2 aromatic carbocycles. The Balaban J connectivity index is 1.82. The Morgan fingerprint density at radius 2 is 1.81 bits per heavy atom. The Bertz CT molecular complexity index is 1050. The summed E-state index contributed by atoms with van der Waals surface area (Å²) < 4.78 is 45.5. The van der Waals surface area contributed by atoms with Crippen LogP contribution in [0.2, 0.25) is 5.02 Å². The molecule has 170 valence electrons.